The van der Waals surface area contributed by atoms with Crippen molar-refractivity contribution in [3.05, 3.63) is 42.2 Å². The number of sulfonamides is 1. The van der Waals surface area contributed by atoms with E-state index in [1.807, 2.05) is 13.8 Å². The predicted molar refractivity (Wildman–Crippen MR) is 81.4 cm³/mol. The summed E-state index contributed by atoms with van der Waals surface area (Å²) >= 11 is 0. The first kappa shape index (κ1) is 17.0. The molecule has 0 aliphatic carbocycles. The lowest BCUT2D eigenvalue weighted by Crippen LogP contribution is -2.33. The van der Waals surface area contributed by atoms with Crippen LogP contribution in [-0.4, -0.2) is 34.4 Å². The number of aromatic hydroxyl groups is 1. The van der Waals surface area contributed by atoms with Crippen molar-refractivity contribution in [2.75, 3.05) is 0 Å². The summed E-state index contributed by atoms with van der Waals surface area (Å²) < 4.78 is 28.3. The molecule has 3 N–H and O–H groups in total. The highest BCUT2D eigenvalue weighted by molar-refractivity contribution is 7.89. The van der Waals surface area contributed by atoms with Crippen molar-refractivity contribution in [2.24, 2.45) is 0 Å². The molecule has 0 aliphatic rings. The molecule has 0 saturated carbocycles. The molecule has 0 radical (unpaired) electrons. The monoisotopic (exact) mass is 339 g/mol. The van der Waals surface area contributed by atoms with Crippen molar-refractivity contribution in [2.45, 2.75) is 30.8 Å². The molecule has 1 atom stereocenters. The number of phenols is 1. The summed E-state index contributed by atoms with van der Waals surface area (Å²) in [4.78, 5) is 11.3. The second-order valence-electron chi connectivity index (χ2n) is 5.23. The Morgan fingerprint density at radius 3 is 2.35 bits per heavy atom. The molecule has 0 fully saturated rings. The van der Waals surface area contributed by atoms with Crippen LogP contribution in [0.5, 0.6) is 5.75 Å². The number of carboxylic acids is 1. The molecule has 0 bridgehead atoms. The fraction of sp³-hybridized carbons (Fsp3) is 0.286. The maximum Gasteiger partial charge on any atom is 0.326 e. The van der Waals surface area contributed by atoms with Crippen LogP contribution in [-0.2, 0) is 14.8 Å². The Labute approximate surface area is 133 Å². The number of rotatable bonds is 6. The Morgan fingerprint density at radius 1 is 1.26 bits per heavy atom. The van der Waals surface area contributed by atoms with E-state index in [2.05, 4.69) is 9.82 Å². The van der Waals surface area contributed by atoms with Crippen LogP contribution in [0.15, 0.2) is 41.6 Å². The number of hydrogen-bond donors (Lipinski definition) is 3. The van der Waals surface area contributed by atoms with Crippen molar-refractivity contribution in [1.29, 1.82) is 0 Å². The molecule has 0 saturated heterocycles. The van der Waals surface area contributed by atoms with Crippen molar-refractivity contribution >= 4 is 16.0 Å². The molecule has 0 amide bonds. The van der Waals surface area contributed by atoms with Gasteiger partial charge in [-0.1, -0.05) is 12.1 Å². The summed E-state index contributed by atoms with van der Waals surface area (Å²) in [5.74, 6) is -1.39. The summed E-state index contributed by atoms with van der Waals surface area (Å²) in [7, 11) is -4.05. The standard InChI is InChI=1S/C14H17N3O5S/c1-9(2)17-8-12(7-15-17)23(21,22)16-13(14(19)20)10-3-5-11(18)6-4-10/h3-9,13,16,18H,1-2H3,(H,19,20)/t13-/m0/s1. The molecule has 124 valence electrons. The second kappa shape index (κ2) is 6.39. The minimum absolute atomic E-state index is 0.0219. The molecule has 0 spiro atoms. The number of nitrogens with one attached hydrogen (secondary N) is 1. The van der Waals surface area contributed by atoms with Gasteiger partial charge in [-0.15, -0.1) is 0 Å². The first-order valence-corrected chi connectivity index (χ1v) is 8.27. The number of benzene rings is 1. The van der Waals surface area contributed by atoms with Gasteiger partial charge in [-0.2, -0.15) is 9.82 Å². The van der Waals surface area contributed by atoms with Crippen molar-refractivity contribution < 1.29 is 23.4 Å². The van der Waals surface area contributed by atoms with E-state index >= 15 is 0 Å². The third-order valence-electron chi connectivity index (χ3n) is 3.16. The molecule has 1 aromatic heterocycles. The van der Waals surface area contributed by atoms with Gasteiger partial charge in [-0.3, -0.25) is 9.48 Å². The van der Waals surface area contributed by atoms with Gasteiger partial charge in [-0.05, 0) is 31.5 Å². The van der Waals surface area contributed by atoms with Gasteiger partial charge in [0.15, 0.2) is 0 Å². The SMILES string of the molecule is CC(C)n1cc(S(=O)(=O)N[C@H](C(=O)O)c2ccc(O)cc2)cn1. The first-order chi connectivity index (χ1) is 10.7. The molecule has 9 heteroatoms. The van der Waals surface area contributed by atoms with Gasteiger partial charge in [0, 0.05) is 12.2 Å². The van der Waals surface area contributed by atoms with Crippen molar-refractivity contribution in [1.82, 2.24) is 14.5 Å². The number of carbonyl (C=O) groups is 1. The highest BCUT2D eigenvalue weighted by Gasteiger charge is 2.28. The third-order valence-corrected chi connectivity index (χ3v) is 4.54. The molecule has 8 nitrogen and oxygen atoms in total. The van der Waals surface area contributed by atoms with Gasteiger partial charge in [0.05, 0.1) is 6.20 Å². The normalized spacial score (nSPS) is 13.2. The quantitative estimate of drug-likeness (QED) is 0.729. The van der Waals surface area contributed by atoms with Crippen LogP contribution >= 0.6 is 0 Å². The van der Waals surface area contributed by atoms with Gasteiger partial charge >= 0.3 is 5.97 Å². The fourth-order valence-corrected chi connectivity index (χ4v) is 3.01. The van der Waals surface area contributed by atoms with Crippen LogP contribution < -0.4 is 4.72 Å². The molecule has 1 aromatic carbocycles. The van der Waals surface area contributed by atoms with E-state index in [0.29, 0.717) is 0 Å². The molecule has 0 aliphatic heterocycles. The lowest BCUT2D eigenvalue weighted by Gasteiger charge is -2.14. The highest BCUT2D eigenvalue weighted by atomic mass is 32.2. The zero-order valence-corrected chi connectivity index (χ0v) is 13.4. The fourth-order valence-electron chi connectivity index (χ4n) is 1.89. The van der Waals surface area contributed by atoms with Gasteiger partial charge < -0.3 is 10.2 Å². The molecule has 0 unspecified atom stereocenters. The van der Waals surface area contributed by atoms with E-state index in [1.54, 1.807) is 0 Å². The Morgan fingerprint density at radius 2 is 1.87 bits per heavy atom. The molecular weight excluding hydrogens is 322 g/mol. The van der Waals surface area contributed by atoms with Crippen LogP contribution in [0.3, 0.4) is 0 Å². The van der Waals surface area contributed by atoms with Crippen molar-refractivity contribution in [3.63, 3.8) is 0 Å². The maximum absolute atomic E-state index is 12.3. The van der Waals surface area contributed by atoms with E-state index in [1.165, 1.54) is 35.1 Å². The number of aliphatic carboxylic acids is 1. The minimum Gasteiger partial charge on any atom is -0.508 e. The van der Waals surface area contributed by atoms with Crippen LogP contribution in [0.4, 0.5) is 0 Å². The van der Waals surface area contributed by atoms with Crippen LogP contribution in [0.1, 0.15) is 31.5 Å². The molecule has 23 heavy (non-hydrogen) atoms. The van der Waals surface area contributed by atoms with Gasteiger partial charge in [0.1, 0.15) is 16.7 Å². The lowest BCUT2D eigenvalue weighted by atomic mass is 10.1. The molecular formula is C14H17N3O5S. The Balaban J connectivity index is 2.31. The minimum atomic E-state index is -4.05. The van der Waals surface area contributed by atoms with E-state index < -0.39 is 22.0 Å². The first-order valence-electron chi connectivity index (χ1n) is 6.79. The molecule has 2 aromatic rings. The lowest BCUT2D eigenvalue weighted by molar-refractivity contribution is -0.139. The van der Waals surface area contributed by atoms with Crippen LogP contribution in [0.2, 0.25) is 0 Å². The van der Waals surface area contributed by atoms with E-state index in [9.17, 15) is 23.4 Å². The van der Waals surface area contributed by atoms with E-state index in [4.69, 9.17) is 0 Å². The number of hydrogen-bond acceptors (Lipinski definition) is 5. The van der Waals surface area contributed by atoms with Crippen LogP contribution in [0, 0.1) is 0 Å². The Kier molecular flexibility index (Phi) is 4.71. The second-order valence-corrected chi connectivity index (χ2v) is 6.95. The summed E-state index contributed by atoms with van der Waals surface area (Å²) in [5, 5.41) is 22.5. The number of phenolic OH excluding ortho intramolecular Hbond substituents is 1. The average molecular weight is 339 g/mol. The van der Waals surface area contributed by atoms with Crippen molar-refractivity contribution in [3.8, 4) is 5.75 Å². The number of aromatic nitrogens is 2. The van der Waals surface area contributed by atoms with Gasteiger partial charge in [0.25, 0.3) is 0 Å². The topological polar surface area (TPSA) is 122 Å². The highest BCUT2D eigenvalue weighted by Crippen LogP contribution is 2.20. The zero-order chi connectivity index (χ0) is 17.2. The van der Waals surface area contributed by atoms with Gasteiger partial charge in [0.2, 0.25) is 10.0 Å². The number of nitrogens with zero attached hydrogens (tertiary/aromatic N) is 2. The summed E-state index contributed by atoms with van der Waals surface area (Å²) in [6, 6.07) is 3.77. The third kappa shape index (κ3) is 3.88. The zero-order valence-electron chi connectivity index (χ0n) is 12.5. The van der Waals surface area contributed by atoms with Gasteiger partial charge in [-0.25, -0.2) is 8.42 Å². The van der Waals surface area contributed by atoms with Crippen LogP contribution in [0.25, 0.3) is 0 Å². The molecule has 2 rings (SSSR count). The van der Waals surface area contributed by atoms with E-state index in [-0.39, 0.29) is 22.3 Å². The summed E-state index contributed by atoms with van der Waals surface area (Å²) in [6.45, 7) is 3.68. The smallest absolute Gasteiger partial charge is 0.326 e. The van der Waals surface area contributed by atoms with E-state index in [0.717, 1.165) is 6.20 Å². The molecule has 1 heterocycles. The Hall–Kier alpha value is -2.39. The largest absolute Gasteiger partial charge is 0.508 e. The summed E-state index contributed by atoms with van der Waals surface area (Å²) in [6.07, 6.45) is 2.50. The Bertz CT molecular complexity index is 796. The summed E-state index contributed by atoms with van der Waals surface area (Å²) in [5.41, 5.74) is 0.204. The predicted octanol–water partition coefficient (Wildman–Crippen LogP) is 1.27. The maximum atomic E-state index is 12.3. The number of carboxylic acid groups (broad SMARTS) is 1. The average Bonchev–Trinajstić information content (AvgIpc) is 2.96.